The lowest BCUT2D eigenvalue weighted by Crippen LogP contribution is -2.52. The van der Waals surface area contributed by atoms with Crippen molar-refractivity contribution in [2.45, 2.75) is 63.0 Å². The van der Waals surface area contributed by atoms with Crippen molar-refractivity contribution in [1.29, 1.82) is 0 Å². The Kier molecular flexibility index (Phi) is 6.72. The number of aromatic nitrogens is 2. The number of piperidine rings is 1. The van der Waals surface area contributed by atoms with E-state index in [9.17, 15) is 4.79 Å². The Balaban J connectivity index is 1.40. The topological polar surface area (TPSA) is 67.5 Å². The predicted octanol–water partition coefficient (Wildman–Crippen LogP) is 4.71. The van der Waals surface area contributed by atoms with Crippen LogP contribution in [0.1, 0.15) is 62.1 Å². The van der Waals surface area contributed by atoms with Gasteiger partial charge in [0, 0.05) is 24.4 Å². The van der Waals surface area contributed by atoms with Crippen LogP contribution >= 0.6 is 0 Å². The molecule has 2 aliphatic rings. The van der Waals surface area contributed by atoms with E-state index in [1.807, 2.05) is 11.0 Å². The molecule has 0 bridgehead atoms. The number of benzene rings is 1. The standard InChI is InChI=1S/C24H33N3O3/c1-17-14-21(22-12-13-25-26-22)23(27(15-17)24(28)29-2)16-30-20-10-8-19(9-11-20)18-6-4-3-5-7-18/h3-7,12-13,17,19-21,23H,8-11,14-16H2,1-2H3,(H,25,26)/t17-,19-,20+,21-,23-/m0/s1. The van der Waals surface area contributed by atoms with E-state index < -0.39 is 0 Å². The van der Waals surface area contributed by atoms with Crippen molar-refractivity contribution >= 4 is 6.09 Å². The van der Waals surface area contributed by atoms with Gasteiger partial charge in [-0.15, -0.1) is 0 Å². The summed E-state index contributed by atoms with van der Waals surface area (Å²) in [5.41, 5.74) is 2.50. The molecule has 4 rings (SSSR count). The third-order valence-electron chi connectivity index (χ3n) is 6.81. The highest BCUT2D eigenvalue weighted by Gasteiger charge is 2.40. The number of nitrogens with one attached hydrogen (secondary N) is 1. The fourth-order valence-corrected chi connectivity index (χ4v) is 5.22. The molecule has 0 radical (unpaired) electrons. The molecule has 2 fully saturated rings. The molecule has 6 nitrogen and oxygen atoms in total. The molecule has 2 aromatic rings. The molecule has 0 unspecified atom stereocenters. The van der Waals surface area contributed by atoms with E-state index >= 15 is 0 Å². The summed E-state index contributed by atoms with van der Waals surface area (Å²) >= 11 is 0. The Hall–Kier alpha value is -2.34. The molecule has 1 saturated carbocycles. The number of methoxy groups -OCH3 is 1. The summed E-state index contributed by atoms with van der Waals surface area (Å²) < 4.78 is 11.5. The van der Waals surface area contributed by atoms with Crippen LogP contribution in [-0.4, -0.2) is 53.6 Å². The molecular formula is C24H33N3O3. The Morgan fingerprint density at radius 3 is 2.60 bits per heavy atom. The number of amides is 1. The molecule has 162 valence electrons. The van der Waals surface area contributed by atoms with Gasteiger partial charge in [-0.2, -0.15) is 5.10 Å². The normalized spacial score (nSPS) is 29.5. The van der Waals surface area contributed by atoms with E-state index in [0.29, 0.717) is 25.0 Å². The summed E-state index contributed by atoms with van der Waals surface area (Å²) in [5.74, 6) is 1.21. The molecule has 2 heterocycles. The van der Waals surface area contributed by atoms with Gasteiger partial charge in [-0.3, -0.25) is 5.10 Å². The fraction of sp³-hybridized carbons (Fsp3) is 0.583. The average Bonchev–Trinajstić information content (AvgIpc) is 3.33. The number of aromatic amines is 1. The summed E-state index contributed by atoms with van der Waals surface area (Å²) in [5, 5.41) is 7.25. The molecule has 1 aliphatic heterocycles. The number of H-pyrrole nitrogens is 1. The molecule has 1 saturated heterocycles. The van der Waals surface area contributed by atoms with E-state index in [0.717, 1.165) is 37.8 Å². The number of likely N-dealkylation sites (tertiary alicyclic amines) is 1. The second kappa shape index (κ2) is 9.65. The quantitative estimate of drug-likeness (QED) is 0.773. The molecular weight excluding hydrogens is 378 g/mol. The molecule has 1 aromatic carbocycles. The van der Waals surface area contributed by atoms with Gasteiger partial charge < -0.3 is 14.4 Å². The van der Waals surface area contributed by atoms with Crippen LogP contribution in [0.4, 0.5) is 4.79 Å². The van der Waals surface area contributed by atoms with Crippen LogP contribution < -0.4 is 0 Å². The molecule has 30 heavy (non-hydrogen) atoms. The molecule has 1 N–H and O–H groups in total. The van der Waals surface area contributed by atoms with E-state index in [-0.39, 0.29) is 24.2 Å². The molecule has 6 heteroatoms. The Labute approximate surface area is 178 Å². The first kappa shape index (κ1) is 20.9. The number of hydrogen-bond acceptors (Lipinski definition) is 4. The van der Waals surface area contributed by atoms with Crippen LogP contribution in [0.5, 0.6) is 0 Å². The lowest BCUT2D eigenvalue weighted by atomic mass is 9.81. The van der Waals surface area contributed by atoms with Crippen LogP contribution in [0, 0.1) is 5.92 Å². The highest BCUT2D eigenvalue weighted by Crippen LogP contribution is 2.37. The third-order valence-corrected chi connectivity index (χ3v) is 6.81. The monoisotopic (exact) mass is 411 g/mol. The molecule has 1 aromatic heterocycles. The zero-order chi connectivity index (χ0) is 20.9. The van der Waals surface area contributed by atoms with E-state index in [1.54, 1.807) is 6.20 Å². The first-order chi connectivity index (χ1) is 14.7. The largest absolute Gasteiger partial charge is 0.453 e. The Bertz CT molecular complexity index is 787. The van der Waals surface area contributed by atoms with Crippen LogP contribution in [0.25, 0.3) is 0 Å². The smallest absolute Gasteiger partial charge is 0.409 e. The summed E-state index contributed by atoms with van der Waals surface area (Å²) in [6.07, 6.45) is 7.20. The maximum Gasteiger partial charge on any atom is 0.409 e. The van der Waals surface area contributed by atoms with Crippen molar-refractivity contribution in [2.75, 3.05) is 20.3 Å². The zero-order valence-corrected chi connectivity index (χ0v) is 18.0. The van der Waals surface area contributed by atoms with Crippen LogP contribution in [0.2, 0.25) is 0 Å². The number of rotatable bonds is 5. The second-order valence-corrected chi connectivity index (χ2v) is 8.87. The van der Waals surface area contributed by atoms with Gasteiger partial charge in [0.2, 0.25) is 0 Å². The minimum Gasteiger partial charge on any atom is -0.453 e. The van der Waals surface area contributed by atoms with E-state index in [2.05, 4.69) is 47.5 Å². The minimum atomic E-state index is -0.271. The van der Waals surface area contributed by atoms with Gasteiger partial charge >= 0.3 is 6.09 Å². The van der Waals surface area contributed by atoms with Gasteiger partial charge in [-0.05, 0) is 55.6 Å². The number of ether oxygens (including phenoxy) is 2. The number of nitrogens with zero attached hydrogens (tertiary/aromatic N) is 2. The second-order valence-electron chi connectivity index (χ2n) is 8.87. The highest BCUT2D eigenvalue weighted by molar-refractivity contribution is 5.68. The first-order valence-electron chi connectivity index (χ1n) is 11.2. The van der Waals surface area contributed by atoms with Crippen molar-refractivity contribution in [2.24, 2.45) is 5.92 Å². The zero-order valence-electron chi connectivity index (χ0n) is 18.0. The summed E-state index contributed by atoms with van der Waals surface area (Å²) in [4.78, 5) is 14.4. The summed E-state index contributed by atoms with van der Waals surface area (Å²) in [6.45, 7) is 3.42. The minimum absolute atomic E-state index is 0.0408. The fourth-order valence-electron chi connectivity index (χ4n) is 5.22. The molecule has 1 amide bonds. The van der Waals surface area contributed by atoms with Crippen molar-refractivity contribution < 1.29 is 14.3 Å². The maximum absolute atomic E-state index is 12.5. The van der Waals surface area contributed by atoms with Gasteiger partial charge in [-0.1, -0.05) is 37.3 Å². The van der Waals surface area contributed by atoms with Gasteiger partial charge in [0.05, 0.1) is 25.9 Å². The van der Waals surface area contributed by atoms with E-state index in [1.165, 1.54) is 12.7 Å². The number of carbonyl (C=O) groups is 1. The SMILES string of the molecule is COC(=O)N1C[C@@H](C)C[C@@H](c2ccn[nH]2)[C@@H]1CO[C@H]1CC[C@@H](c2ccccc2)CC1. The van der Waals surface area contributed by atoms with Crippen molar-refractivity contribution in [3.05, 3.63) is 53.9 Å². The van der Waals surface area contributed by atoms with Crippen molar-refractivity contribution in [1.82, 2.24) is 15.1 Å². The van der Waals surface area contributed by atoms with Gasteiger partial charge in [0.25, 0.3) is 0 Å². The van der Waals surface area contributed by atoms with Crippen LogP contribution in [0.3, 0.4) is 0 Å². The first-order valence-corrected chi connectivity index (χ1v) is 11.2. The van der Waals surface area contributed by atoms with Gasteiger partial charge in [-0.25, -0.2) is 4.79 Å². The third kappa shape index (κ3) is 4.69. The number of carbonyl (C=O) groups excluding carboxylic acids is 1. The van der Waals surface area contributed by atoms with Crippen molar-refractivity contribution in [3.8, 4) is 0 Å². The van der Waals surface area contributed by atoms with Gasteiger partial charge in [0.1, 0.15) is 0 Å². The lowest BCUT2D eigenvalue weighted by Gasteiger charge is -2.43. The number of hydrogen-bond donors (Lipinski definition) is 1. The molecule has 0 spiro atoms. The lowest BCUT2D eigenvalue weighted by molar-refractivity contribution is -0.0303. The summed E-state index contributed by atoms with van der Waals surface area (Å²) in [7, 11) is 1.45. The highest BCUT2D eigenvalue weighted by atomic mass is 16.5. The summed E-state index contributed by atoms with van der Waals surface area (Å²) in [6, 6.07) is 12.8. The molecule has 1 aliphatic carbocycles. The van der Waals surface area contributed by atoms with Crippen LogP contribution in [-0.2, 0) is 9.47 Å². The van der Waals surface area contributed by atoms with Crippen molar-refractivity contribution in [3.63, 3.8) is 0 Å². The van der Waals surface area contributed by atoms with Crippen LogP contribution in [0.15, 0.2) is 42.6 Å². The maximum atomic E-state index is 12.5. The van der Waals surface area contributed by atoms with E-state index in [4.69, 9.17) is 9.47 Å². The average molecular weight is 412 g/mol. The Morgan fingerprint density at radius 1 is 1.17 bits per heavy atom. The molecule has 3 atom stereocenters. The Morgan fingerprint density at radius 2 is 1.93 bits per heavy atom. The predicted molar refractivity (Wildman–Crippen MR) is 115 cm³/mol. The van der Waals surface area contributed by atoms with Gasteiger partial charge in [0.15, 0.2) is 0 Å².